The van der Waals surface area contributed by atoms with Crippen molar-refractivity contribution in [1.82, 2.24) is 20.6 Å². The number of amides is 2. The van der Waals surface area contributed by atoms with E-state index in [1.54, 1.807) is 36.4 Å². The van der Waals surface area contributed by atoms with Crippen molar-refractivity contribution in [3.05, 3.63) is 77.4 Å². The van der Waals surface area contributed by atoms with Crippen molar-refractivity contribution in [2.75, 3.05) is 12.8 Å². The molecule has 2 aromatic carbocycles. The smallest absolute Gasteiger partial charge is 0.273 e. The van der Waals surface area contributed by atoms with Crippen molar-refractivity contribution in [1.29, 1.82) is 0 Å². The van der Waals surface area contributed by atoms with Gasteiger partial charge in [0, 0.05) is 24.7 Å². The Hall–Kier alpha value is -3.81. The fourth-order valence-corrected chi connectivity index (χ4v) is 2.57. The third-order valence-electron chi connectivity index (χ3n) is 4.01. The molecule has 0 saturated carbocycles. The van der Waals surface area contributed by atoms with Crippen LogP contribution in [0.4, 0.5) is 10.2 Å². The number of carbonyl (C=O) groups is 2. The van der Waals surface area contributed by atoms with Crippen molar-refractivity contribution in [3.63, 3.8) is 0 Å². The molecule has 7 nitrogen and oxygen atoms in total. The van der Waals surface area contributed by atoms with E-state index in [0.29, 0.717) is 22.4 Å². The van der Waals surface area contributed by atoms with Crippen molar-refractivity contribution < 1.29 is 14.0 Å². The molecule has 0 unspecified atom stereocenters. The van der Waals surface area contributed by atoms with E-state index in [-0.39, 0.29) is 29.8 Å². The van der Waals surface area contributed by atoms with Crippen molar-refractivity contribution in [3.8, 4) is 11.3 Å². The quantitative estimate of drug-likeness (QED) is 0.629. The summed E-state index contributed by atoms with van der Waals surface area (Å²) in [7, 11) is 1.47. The van der Waals surface area contributed by atoms with Gasteiger partial charge in [0.05, 0.1) is 11.9 Å². The Kier molecular flexibility index (Phi) is 5.59. The zero-order valence-corrected chi connectivity index (χ0v) is 15.1. The molecule has 0 bridgehead atoms. The molecular weight excluding hydrogens is 361 g/mol. The van der Waals surface area contributed by atoms with Crippen LogP contribution in [0.2, 0.25) is 0 Å². The van der Waals surface area contributed by atoms with Crippen LogP contribution in [-0.2, 0) is 6.54 Å². The maximum Gasteiger partial charge on any atom is 0.273 e. The molecule has 0 aliphatic rings. The van der Waals surface area contributed by atoms with Crippen molar-refractivity contribution >= 4 is 17.6 Å². The van der Waals surface area contributed by atoms with Gasteiger partial charge in [-0.15, -0.1) is 0 Å². The van der Waals surface area contributed by atoms with Crippen LogP contribution < -0.4 is 16.4 Å². The lowest BCUT2D eigenvalue weighted by Crippen LogP contribution is -2.23. The first-order valence-corrected chi connectivity index (χ1v) is 8.45. The van der Waals surface area contributed by atoms with Gasteiger partial charge in [-0.25, -0.2) is 14.4 Å². The molecule has 28 heavy (non-hydrogen) atoms. The van der Waals surface area contributed by atoms with Gasteiger partial charge in [0.25, 0.3) is 11.8 Å². The number of benzene rings is 2. The molecule has 3 aromatic rings. The summed E-state index contributed by atoms with van der Waals surface area (Å²) in [6, 6.07) is 12.7. The van der Waals surface area contributed by atoms with Gasteiger partial charge in [0.15, 0.2) is 11.5 Å². The zero-order valence-electron chi connectivity index (χ0n) is 15.1. The van der Waals surface area contributed by atoms with Gasteiger partial charge in [-0.1, -0.05) is 24.3 Å². The number of rotatable bonds is 5. The first-order valence-electron chi connectivity index (χ1n) is 8.45. The Labute approximate surface area is 160 Å². The summed E-state index contributed by atoms with van der Waals surface area (Å²) in [5, 5.41) is 5.20. The lowest BCUT2D eigenvalue weighted by molar-refractivity contribution is 0.0945. The minimum absolute atomic E-state index is 0.0148. The highest BCUT2D eigenvalue weighted by Crippen LogP contribution is 2.20. The summed E-state index contributed by atoms with van der Waals surface area (Å²) in [5.74, 6) is -1.11. The highest BCUT2D eigenvalue weighted by molar-refractivity contribution is 5.97. The lowest BCUT2D eigenvalue weighted by atomic mass is 10.1. The number of nitrogens with one attached hydrogen (secondary N) is 2. The highest BCUT2D eigenvalue weighted by Gasteiger charge is 2.14. The lowest BCUT2D eigenvalue weighted by Gasteiger charge is -2.09. The molecule has 2 amide bonds. The average Bonchev–Trinajstić information content (AvgIpc) is 2.72. The first-order chi connectivity index (χ1) is 13.5. The third-order valence-corrected chi connectivity index (χ3v) is 4.01. The molecule has 0 aliphatic heterocycles. The van der Waals surface area contributed by atoms with Crippen LogP contribution in [0.5, 0.6) is 0 Å². The van der Waals surface area contributed by atoms with E-state index in [1.165, 1.54) is 25.4 Å². The summed E-state index contributed by atoms with van der Waals surface area (Å²) >= 11 is 0. The first kappa shape index (κ1) is 19.0. The number of nitrogen functional groups attached to an aromatic ring is 1. The number of nitrogens with two attached hydrogens (primary N) is 1. The maximum atomic E-state index is 13.2. The number of carbonyl (C=O) groups excluding carboxylic acids is 2. The number of halogens is 1. The standard InChI is InChI=1S/C20H18FN5O2/c1-23-20(28)17-18(22)24-11-16(26-17)13-5-3-6-14(9-13)19(27)25-10-12-4-2-7-15(21)8-12/h2-9,11H,10H2,1H3,(H2,22,24)(H,23,28)(H,25,27). The number of hydrogen-bond acceptors (Lipinski definition) is 5. The van der Waals surface area contributed by atoms with E-state index < -0.39 is 5.91 Å². The van der Waals surface area contributed by atoms with E-state index in [2.05, 4.69) is 20.6 Å². The minimum Gasteiger partial charge on any atom is -0.382 e. The van der Waals surface area contributed by atoms with Crippen LogP contribution in [0.25, 0.3) is 11.3 Å². The van der Waals surface area contributed by atoms with E-state index in [0.717, 1.165) is 0 Å². The molecule has 142 valence electrons. The van der Waals surface area contributed by atoms with Gasteiger partial charge >= 0.3 is 0 Å². The predicted molar refractivity (Wildman–Crippen MR) is 103 cm³/mol. The highest BCUT2D eigenvalue weighted by atomic mass is 19.1. The van der Waals surface area contributed by atoms with Gasteiger partial charge in [-0.05, 0) is 29.8 Å². The zero-order chi connectivity index (χ0) is 20.1. The Morgan fingerprint density at radius 2 is 1.89 bits per heavy atom. The van der Waals surface area contributed by atoms with E-state index in [4.69, 9.17) is 5.73 Å². The molecule has 1 aromatic heterocycles. The summed E-state index contributed by atoms with van der Waals surface area (Å²) in [4.78, 5) is 32.5. The van der Waals surface area contributed by atoms with Gasteiger partial charge in [-0.2, -0.15) is 0 Å². The largest absolute Gasteiger partial charge is 0.382 e. The molecule has 0 radical (unpaired) electrons. The summed E-state index contributed by atoms with van der Waals surface area (Å²) in [5.41, 5.74) is 7.79. The van der Waals surface area contributed by atoms with E-state index in [1.807, 2.05) is 0 Å². The number of hydrogen-bond donors (Lipinski definition) is 3. The Morgan fingerprint density at radius 3 is 2.64 bits per heavy atom. The molecule has 0 spiro atoms. The van der Waals surface area contributed by atoms with Crippen LogP contribution in [0, 0.1) is 5.82 Å². The summed E-state index contributed by atoms with van der Waals surface area (Å²) in [6.07, 6.45) is 1.44. The molecule has 0 atom stereocenters. The average molecular weight is 379 g/mol. The number of nitrogens with zero attached hydrogens (tertiary/aromatic N) is 2. The molecule has 0 saturated heterocycles. The maximum absolute atomic E-state index is 13.2. The second kappa shape index (κ2) is 8.26. The summed E-state index contributed by atoms with van der Waals surface area (Å²) in [6.45, 7) is 0.198. The molecule has 1 heterocycles. The second-order valence-electron chi connectivity index (χ2n) is 5.96. The molecule has 0 fully saturated rings. The summed E-state index contributed by atoms with van der Waals surface area (Å²) < 4.78 is 13.2. The van der Waals surface area contributed by atoms with Gasteiger partial charge in [-0.3, -0.25) is 9.59 Å². The molecule has 4 N–H and O–H groups in total. The number of anilines is 1. The van der Waals surface area contributed by atoms with Gasteiger partial charge in [0.1, 0.15) is 5.82 Å². The molecule has 3 rings (SSSR count). The Morgan fingerprint density at radius 1 is 1.11 bits per heavy atom. The van der Waals surface area contributed by atoms with E-state index >= 15 is 0 Å². The number of aromatic nitrogens is 2. The third kappa shape index (κ3) is 4.29. The topological polar surface area (TPSA) is 110 Å². The Balaban J connectivity index is 1.80. The fourth-order valence-electron chi connectivity index (χ4n) is 2.57. The second-order valence-corrected chi connectivity index (χ2v) is 5.96. The van der Waals surface area contributed by atoms with Gasteiger partial charge in [0.2, 0.25) is 0 Å². The monoisotopic (exact) mass is 379 g/mol. The Bertz CT molecular complexity index is 1040. The van der Waals surface area contributed by atoms with Crippen LogP contribution in [0.1, 0.15) is 26.4 Å². The fraction of sp³-hybridized carbons (Fsp3) is 0.100. The molecule has 0 aliphatic carbocycles. The van der Waals surface area contributed by atoms with Crippen LogP contribution in [0.15, 0.2) is 54.7 Å². The minimum atomic E-state index is -0.448. The molecule has 8 heteroatoms. The van der Waals surface area contributed by atoms with E-state index in [9.17, 15) is 14.0 Å². The van der Waals surface area contributed by atoms with Crippen molar-refractivity contribution in [2.45, 2.75) is 6.54 Å². The predicted octanol–water partition coefficient (Wildman–Crippen LogP) is 2.15. The molecular formula is C20H18FN5O2. The van der Waals surface area contributed by atoms with Crippen molar-refractivity contribution in [2.24, 2.45) is 0 Å². The van der Waals surface area contributed by atoms with Crippen LogP contribution in [-0.4, -0.2) is 28.8 Å². The SMILES string of the molecule is CNC(=O)c1nc(-c2cccc(C(=O)NCc3cccc(F)c3)c2)cnc1N. The van der Waals surface area contributed by atoms with Crippen LogP contribution >= 0.6 is 0 Å². The van der Waals surface area contributed by atoms with Gasteiger partial charge < -0.3 is 16.4 Å². The normalized spacial score (nSPS) is 10.4. The van der Waals surface area contributed by atoms with Crippen LogP contribution in [0.3, 0.4) is 0 Å².